The van der Waals surface area contributed by atoms with Gasteiger partial charge in [0, 0.05) is 0 Å². The summed E-state index contributed by atoms with van der Waals surface area (Å²) in [6, 6.07) is 10.1. The smallest absolute Gasteiger partial charge is 0.164 e. The lowest BCUT2D eigenvalue weighted by Gasteiger charge is -2.16. The van der Waals surface area contributed by atoms with Crippen molar-refractivity contribution in [1.82, 2.24) is 0 Å². The molecule has 0 fully saturated rings. The SMILES string of the molecule is COc1cccc(CCN)c1OCCOc1cc(C)cc(C)c1C. The van der Waals surface area contributed by atoms with Crippen LogP contribution >= 0.6 is 0 Å². The molecule has 4 nitrogen and oxygen atoms in total. The van der Waals surface area contributed by atoms with Crippen LogP contribution in [-0.2, 0) is 6.42 Å². The van der Waals surface area contributed by atoms with Gasteiger partial charge in [-0.1, -0.05) is 18.2 Å². The Bertz CT molecular complexity index is 683. The van der Waals surface area contributed by atoms with Crippen LogP contribution in [-0.4, -0.2) is 26.9 Å². The average Bonchev–Trinajstić information content (AvgIpc) is 2.56. The van der Waals surface area contributed by atoms with Gasteiger partial charge in [-0.05, 0) is 68.1 Å². The first-order valence-corrected chi connectivity index (χ1v) is 8.26. The van der Waals surface area contributed by atoms with Crippen LogP contribution in [0.15, 0.2) is 30.3 Å². The maximum absolute atomic E-state index is 5.93. The number of methoxy groups -OCH3 is 1. The predicted octanol–water partition coefficient (Wildman–Crippen LogP) is 3.58. The molecule has 24 heavy (non-hydrogen) atoms. The van der Waals surface area contributed by atoms with Crippen molar-refractivity contribution < 1.29 is 14.2 Å². The fourth-order valence-corrected chi connectivity index (χ4v) is 2.68. The Morgan fingerprint density at radius 1 is 0.958 bits per heavy atom. The van der Waals surface area contributed by atoms with Crippen molar-refractivity contribution in [2.75, 3.05) is 26.9 Å². The van der Waals surface area contributed by atoms with Crippen LogP contribution in [0.25, 0.3) is 0 Å². The summed E-state index contributed by atoms with van der Waals surface area (Å²) in [7, 11) is 1.64. The largest absolute Gasteiger partial charge is 0.493 e. The van der Waals surface area contributed by atoms with Gasteiger partial charge in [0.1, 0.15) is 19.0 Å². The maximum Gasteiger partial charge on any atom is 0.164 e. The summed E-state index contributed by atoms with van der Waals surface area (Å²) in [6.07, 6.45) is 0.754. The van der Waals surface area contributed by atoms with E-state index in [4.69, 9.17) is 19.9 Å². The minimum absolute atomic E-state index is 0.449. The van der Waals surface area contributed by atoms with Crippen LogP contribution in [0.1, 0.15) is 22.3 Å². The second-order valence-corrected chi connectivity index (χ2v) is 5.89. The highest BCUT2D eigenvalue weighted by molar-refractivity contribution is 5.47. The molecule has 0 heterocycles. The molecule has 130 valence electrons. The summed E-state index contributed by atoms with van der Waals surface area (Å²) in [5, 5.41) is 0. The molecular formula is C20H27NO3. The first-order valence-electron chi connectivity index (χ1n) is 8.26. The quantitative estimate of drug-likeness (QED) is 0.752. The Kier molecular flexibility index (Phi) is 6.50. The normalized spacial score (nSPS) is 10.5. The third-order valence-electron chi connectivity index (χ3n) is 4.05. The molecule has 0 aromatic heterocycles. The van der Waals surface area contributed by atoms with Gasteiger partial charge in [0.05, 0.1) is 7.11 Å². The van der Waals surface area contributed by atoms with Crippen LogP contribution in [0.2, 0.25) is 0 Å². The lowest BCUT2D eigenvalue weighted by molar-refractivity contribution is 0.209. The van der Waals surface area contributed by atoms with Gasteiger partial charge in [0.2, 0.25) is 0 Å². The summed E-state index contributed by atoms with van der Waals surface area (Å²) in [5.74, 6) is 2.40. The van der Waals surface area contributed by atoms with Gasteiger partial charge in [-0.2, -0.15) is 0 Å². The van der Waals surface area contributed by atoms with E-state index in [2.05, 4.69) is 32.9 Å². The van der Waals surface area contributed by atoms with E-state index in [0.717, 1.165) is 29.2 Å². The van der Waals surface area contributed by atoms with Crippen molar-refractivity contribution >= 4 is 0 Å². The highest BCUT2D eigenvalue weighted by Crippen LogP contribution is 2.31. The first-order chi connectivity index (χ1) is 11.6. The van der Waals surface area contributed by atoms with E-state index < -0.39 is 0 Å². The standard InChI is InChI=1S/C20H27NO3/c1-14-12-15(2)16(3)19(13-14)23-10-11-24-20-17(8-9-21)6-5-7-18(20)22-4/h5-7,12-13H,8-11,21H2,1-4H3. The third-order valence-corrected chi connectivity index (χ3v) is 4.05. The van der Waals surface area contributed by atoms with Gasteiger partial charge >= 0.3 is 0 Å². The number of hydrogen-bond acceptors (Lipinski definition) is 4. The molecule has 2 rings (SSSR count). The molecule has 0 aliphatic carbocycles. The zero-order chi connectivity index (χ0) is 17.5. The molecule has 2 aromatic carbocycles. The highest BCUT2D eigenvalue weighted by Gasteiger charge is 2.10. The molecule has 0 saturated carbocycles. The second kappa shape index (κ2) is 8.60. The average molecular weight is 329 g/mol. The molecule has 0 amide bonds. The molecule has 2 aromatic rings. The number of rotatable bonds is 8. The van der Waals surface area contributed by atoms with Gasteiger partial charge in [0.25, 0.3) is 0 Å². The van der Waals surface area contributed by atoms with Crippen molar-refractivity contribution in [2.45, 2.75) is 27.2 Å². The topological polar surface area (TPSA) is 53.7 Å². The Balaban J connectivity index is 2.00. The van der Waals surface area contributed by atoms with Crippen molar-refractivity contribution in [3.05, 3.63) is 52.6 Å². The van der Waals surface area contributed by atoms with Crippen molar-refractivity contribution in [1.29, 1.82) is 0 Å². The number of para-hydroxylation sites is 1. The summed E-state index contributed by atoms with van der Waals surface area (Å²) in [6.45, 7) is 7.74. The maximum atomic E-state index is 5.93. The Labute approximate surface area is 144 Å². The molecule has 0 bridgehead atoms. The van der Waals surface area contributed by atoms with E-state index in [9.17, 15) is 0 Å². The molecule has 0 aliphatic heterocycles. The molecule has 2 N–H and O–H groups in total. The lowest BCUT2D eigenvalue weighted by Crippen LogP contribution is -2.12. The van der Waals surface area contributed by atoms with Crippen LogP contribution in [0.4, 0.5) is 0 Å². The first kappa shape index (κ1) is 18.1. The zero-order valence-corrected chi connectivity index (χ0v) is 15.0. The van der Waals surface area contributed by atoms with Gasteiger partial charge in [-0.15, -0.1) is 0 Å². The number of hydrogen-bond donors (Lipinski definition) is 1. The molecule has 0 atom stereocenters. The molecule has 0 saturated heterocycles. The Morgan fingerprint density at radius 3 is 2.42 bits per heavy atom. The van der Waals surface area contributed by atoms with Crippen LogP contribution in [0.3, 0.4) is 0 Å². The Morgan fingerprint density at radius 2 is 1.71 bits per heavy atom. The summed E-state index contributed by atoms with van der Waals surface area (Å²) in [4.78, 5) is 0. The van der Waals surface area contributed by atoms with Gasteiger partial charge < -0.3 is 19.9 Å². The predicted molar refractivity (Wildman–Crippen MR) is 97.4 cm³/mol. The lowest BCUT2D eigenvalue weighted by atomic mass is 10.1. The summed E-state index contributed by atoms with van der Waals surface area (Å²) in [5.41, 5.74) is 10.3. The van der Waals surface area contributed by atoms with Crippen molar-refractivity contribution in [2.24, 2.45) is 5.73 Å². The van der Waals surface area contributed by atoms with E-state index in [0.29, 0.717) is 19.8 Å². The van der Waals surface area contributed by atoms with E-state index >= 15 is 0 Å². The van der Waals surface area contributed by atoms with Crippen LogP contribution < -0.4 is 19.9 Å². The molecule has 0 radical (unpaired) electrons. The van der Waals surface area contributed by atoms with Crippen LogP contribution in [0, 0.1) is 20.8 Å². The summed E-state index contributed by atoms with van der Waals surface area (Å²) < 4.78 is 17.2. The van der Waals surface area contributed by atoms with E-state index in [1.165, 1.54) is 16.7 Å². The van der Waals surface area contributed by atoms with Gasteiger partial charge in [-0.25, -0.2) is 0 Å². The minimum Gasteiger partial charge on any atom is -0.493 e. The van der Waals surface area contributed by atoms with Gasteiger partial charge in [-0.3, -0.25) is 0 Å². The minimum atomic E-state index is 0.449. The number of nitrogens with two attached hydrogens (primary N) is 1. The van der Waals surface area contributed by atoms with E-state index in [1.807, 2.05) is 18.2 Å². The fourth-order valence-electron chi connectivity index (χ4n) is 2.68. The number of ether oxygens (including phenoxy) is 3. The molecular weight excluding hydrogens is 302 g/mol. The van der Waals surface area contributed by atoms with Gasteiger partial charge in [0.15, 0.2) is 11.5 Å². The molecule has 4 heteroatoms. The number of aryl methyl sites for hydroxylation is 2. The Hall–Kier alpha value is -2.20. The van der Waals surface area contributed by atoms with Crippen LogP contribution in [0.5, 0.6) is 17.2 Å². The fraction of sp³-hybridized carbons (Fsp3) is 0.400. The number of benzene rings is 2. The highest BCUT2D eigenvalue weighted by atomic mass is 16.5. The molecule has 0 aliphatic rings. The molecule has 0 spiro atoms. The molecule has 0 unspecified atom stereocenters. The van der Waals surface area contributed by atoms with E-state index in [1.54, 1.807) is 7.11 Å². The van der Waals surface area contributed by atoms with E-state index in [-0.39, 0.29) is 0 Å². The zero-order valence-electron chi connectivity index (χ0n) is 15.0. The second-order valence-electron chi connectivity index (χ2n) is 5.89. The van der Waals surface area contributed by atoms with Crippen molar-refractivity contribution in [3.63, 3.8) is 0 Å². The summed E-state index contributed by atoms with van der Waals surface area (Å²) >= 11 is 0. The van der Waals surface area contributed by atoms with Crippen molar-refractivity contribution in [3.8, 4) is 17.2 Å². The third kappa shape index (κ3) is 4.42. The monoisotopic (exact) mass is 329 g/mol.